The van der Waals surface area contributed by atoms with Gasteiger partial charge in [0.2, 0.25) is 0 Å². The van der Waals surface area contributed by atoms with Crippen molar-refractivity contribution in [2.24, 2.45) is 23.7 Å². The van der Waals surface area contributed by atoms with E-state index in [0.717, 1.165) is 50.2 Å². The summed E-state index contributed by atoms with van der Waals surface area (Å²) in [7, 11) is 0. The zero-order valence-electron chi connectivity index (χ0n) is 9.99. The van der Waals surface area contributed by atoms with Crippen molar-refractivity contribution in [3.05, 3.63) is 0 Å². The minimum atomic E-state index is 0.327. The van der Waals surface area contributed by atoms with E-state index in [2.05, 4.69) is 0 Å². The van der Waals surface area contributed by atoms with Gasteiger partial charge < -0.3 is 4.74 Å². The number of Topliss-reactive ketones (excluding diaryl/α,β-unsaturated/α-hetero) is 1. The first kappa shape index (κ1) is 10.8. The van der Waals surface area contributed by atoms with E-state index >= 15 is 0 Å². The van der Waals surface area contributed by atoms with Crippen LogP contribution in [0.1, 0.15) is 44.9 Å². The number of ketones is 1. The fourth-order valence-corrected chi connectivity index (χ4v) is 4.07. The highest BCUT2D eigenvalue weighted by Gasteiger charge is 2.40. The van der Waals surface area contributed by atoms with Gasteiger partial charge in [0, 0.05) is 25.6 Å². The number of hydrogen-bond donors (Lipinski definition) is 0. The van der Waals surface area contributed by atoms with Crippen LogP contribution in [-0.4, -0.2) is 19.0 Å². The SMILES string of the molecule is O=C(CC1CC2CCC1C2)C1CCOCC1. The topological polar surface area (TPSA) is 26.3 Å². The van der Waals surface area contributed by atoms with Gasteiger partial charge >= 0.3 is 0 Å². The van der Waals surface area contributed by atoms with Crippen LogP contribution in [-0.2, 0) is 9.53 Å². The Morgan fingerprint density at radius 1 is 1.06 bits per heavy atom. The van der Waals surface area contributed by atoms with E-state index in [9.17, 15) is 4.79 Å². The Kier molecular flexibility index (Phi) is 3.01. The third-order valence-corrected chi connectivity index (χ3v) is 5.02. The van der Waals surface area contributed by atoms with Crippen LogP contribution < -0.4 is 0 Å². The molecule has 2 heteroatoms. The van der Waals surface area contributed by atoms with Gasteiger partial charge in [0.1, 0.15) is 5.78 Å². The van der Waals surface area contributed by atoms with Gasteiger partial charge in [0.25, 0.3) is 0 Å². The van der Waals surface area contributed by atoms with Gasteiger partial charge in [0.05, 0.1) is 0 Å². The van der Waals surface area contributed by atoms with Gasteiger partial charge in [-0.25, -0.2) is 0 Å². The van der Waals surface area contributed by atoms with Crippen LogP contribution in [0, 0.1) is 23.7 Å². The maximum absolute atomic E-state index is 12.2. The van der Waals surface area contributed by atoms with Crippen molar-refractivity contribution in [3.63, 3.8) is 0 Å². The second-order valence-corrected chi connectivity index (χ2v) is 5.99. The summed E-state index contributed by atoms with van der Waals surface area (Å²) in [5.74, 6) is 3.48. The van der Waals surface area contributed by atoms with Gasteiger partial charge in [-0.3, -0.25) is 4.79 Å². The predicted octanol–water partition coefficient (Wildman–Crippen LogP) is 2.81. The number of fused-ring (bicyclic) bond motifs is 2. The van der Waals surface area contributed by atoms with Crippen LogP contribution in [0.15, 0.2) is 0 Å². The molecule has 2 bridgehead atoms. The smallest absolute Gasteiger partial charge is 0.136 e. The lowest BCUT2D eigenvalue weighted by atomic mass is 9.81. The van der Waals surface area contributed by atoms with Crippen LogP contribution in [0.2, 0.25) is 0 Å². The van der Waals surface area contributed by atoms with Crippen molar-refractivity contribution in [2.45, 2.75) is 44.9 Å². The van der Waals surface area contributed by atoms with Gasteiger partial charge in [-0.15, -0.1) is 0 Å². The Morgan fingerprint density at radius 2 is 1.88 bits per heavy atom. The van der Waals surface area contributed by atoms with E-state index in [1.807, 2.05) is 0 Å². The van der Waals surface area contributed by atoms with Crippen LogP contribution in [0.25, 0.3) is 0 Å². The molecule has 0 aromatic heterocycles. The molecular formula is C14H22O2. The Labute approximate surface area is 97.7 Å². The number of rotatable bonds is 3. The zero-order valence-corrected chi connectivity index (χ0v) is 9.99. The van der Waals surface area contributed by atoms with Crippen molar-refractivity contribution in [1.82, 2.24) is 0 Å². The molecule has 2 nitrogen and oxygen atoms in total. The lowest BCUT2D eigenvalue weighted by Crippen LogP contribution is -2.26. The summed E-state index contributed by atoms with van der Waals surface area (Å²) in [4.78, 5) is 12.2. The third-order valence-electron chi connectivity index (χ3n) is 5.02. The zero-order chi connectivity index (χ0) is 11.0. The molecule has 0 spiro atoms. The molecule has 16 heavy (non-hydrogen) atoms. The molecule has 0 N–H and O–H groups in total. The van der Waals surface area contributed by atoms with Crippen molar-refractivity contribution in [1.29, 1.82) is 0 Å². The second-order valence-electron chi connectivity index (χ2n) is 5.99. The molecule has 1 heterocycles. The lowest BCUT2D eigenvalue weighted by molar-refractivity contribution is -0.127. The summed E-state index contributed by atoms with van der Waals surface area (Å²) in [5, 5.41) is 0. The molecule has 0 aromatic rings. The predicted molar refractivity (Wildman–Crippen MR) is 62.1 cm³/mol. The highest BCUT2D eigenvalue weighted by atomic mass is 16.5. The minimum Gasteiger partial charge on any atom is -0.381 e. The van der Waals surface area contributed by atoms with Crippen LogP contribution >= 0.6 is 0 Å². The molecule has 0 aromatic carbocycles. The van der Waals surface area contributed by atoms with E-state index in [4.69, 9.17) is 4.74 Å². The van der Waals surface area contributed by atoms with Gasteiger partial charge in [-0.1, -0.05) is 6.42 Å². The number of carbonyl (C=O) groups excluding carboxylic acids is 1. The molecule has 2 saturated carbocycles. The third kappa shape index (κ3) is 2.04. The second kappa shape index (κ2) is 4.48. The molecule has 2 aliphatic carbocycles. The molecule has 90 valence electrons. The van der Waals surface area contributed by atoms with Crippen LogP contribution in [0.4, 0.5) is 0 Å². The molecule has 3 unspecified atom stereocenters. The summed E-state index contributed by atoms with van der Waals surface area (Å²) in [6.45, 7) is 1.60. The van der Waals surface area contributed by atoms with E-state index in [0.29, 0.717) is 11.7 Å². The van der Waals surface area contributed by atoms with Crippen LogP contribution in [0.3, 0.4) is 0 Å². The maximum Gasteiger partial charge on any atom is 0.136 e. The molecule has 3 fully saturated rings. The number of carbonyl (C=O) groups is 1. The van der Waals surface area contributed by atoms with Crippen molar-refractivity contribution in [2.75, 3.05) is 13.2 Å². The molecule has 3 aliphatic rings. The first-order valence-corrected chi connectivity index (χ1v) is 6.93. The molecule has 1 saturated heterocycles. The number of hydrogen-bond acceptors (Lipinski definition) is 2. The summed E-state index contributed by atoms with van der Waals surface area (Å²) in [5.41, 5.74) is 0. The monoisotopic (exact) mass is 222 g/mol. The van der Waals surface area contributed by atoms with E-state index < -0.39 is 0 Å². The van der Waals surface area contributed by atoms with Crippen molar-refractivity contribution < 1.29 is 9.53 Å². The fraction of sp³-hybridized carbons (Fsp3) is 0.929. The maximum atomic E-state index is 12.2. The number of ether oxygens (including phenoxy) is 1. The van der Waals surface area contributed by atoms with Crippen LogP contribution in [0.5, 0.6) is 0 Å². The largest absolute Gasteiger partial charge is 0.381 e. The first-order chi connectivity index (χ1) is 7.83. The normalized spacial score (nSPS) is 39.1. The first-order valence-electron chi connectivity index (χ1n) is 6.93. The Hall–Kier alpha value is -0.370. The van der Waals surface area contributed by atoms with Crippen molar-refractivity contribution >= 4 is 5.78 Å². The van der Waals surface area contributed by atoms with E-state index in [1.165, 1.54) is 25.7 Å². The molecule has 3 atom stereocenters. The van der Waals surface area contributed by atoms with E-state index in [1.54, 1.807) is 0 Å². The van der Waals surface area contributed by atoms with E-state index in [-0.39, 0.29) is 0 Å². The average molecular weight is 222 g/mol. The van der Waals surface area contributed by atoms with Gasteiger partial charge in [-0.2, -0.15) is 0 Å². The molecule has 1 aliphatic heterocycles. The van der Waals surface area contributed by atoms with Crippen molar-refractivity contribution in [3.8, 4) is 0 Å². The summed E-state index contributed by atoms with van der Waals surface area (Å²) < 4.78 is 5.32. The molecule has 0 radical (unpaired) electrons. The van der Waals surface area contributed by atoms with Gasteiger partial charge in [0.15, 0.2) is 0 Å². The highest BCUT2D eigenvalue weighted by molar-refractivity contribution is 5.81. The standard InChI is InChI=1S/C14H22O2/c15-14(11-3-5-16-6-4-11)9-13-8-10-1-2-12(13)7-10/h10-13H,1-9H2. The molecule has 0 amide bonds. The Morgan fingerprint density at radius 3 is 2.50 bits per heavy atom. The Bertz CT molecular complexity index is 268. The highest BCUT2D eigenvalue weighted by Crippen LogP contribution is 2.49. The molecule has 3 rings (SSSR count). The summed E-state index contributed by atoms with van der Waals surface area (Å²) >= 11 is 0. The Balaban J connectivity index is 1.52. The average Bonchev–Trinajstić information content (AvgIpc) is 2.92. The minimum absolute atomic E-state index is 0.327. The molecular weight excluding hydrogens is 200 g/mol. The van der Waals surface area contributed by atoms with Gasteiger partial charge in [-0.05, 0) is 49.9 Å². The summed E-state index contributed by atoms with van der Waals surface area (Å²) in [6.07, 6.45) is 8.43. The summed E-state index contributed by atoms with van der Waals surface area (Å²) in [6, 6.07) is 0. The lowest BCUT2D eigenvalue weighted by Gasteiger charge is -2.25. The quantitative estimate of drug-likeness (QED) is 0.734. The fourth-order valence-electron chi connectivity index (χ4n) is 4.07.